The van der Waals surface area contributed by atoms with E-state index in [0.717, 1.165) is 0 Å². The lowest BCUT2D eigenvalue weighted by atomic mass is 9.95. The molecule has 4 rings (SSSR count). The van der Waals surface area contributed by atoms with Gasteiger partial charge in [-0.25, -0.2) is 19.2 Å². The monoisotopic (exact) mass is 579 g/mol. The van der Waals surface area contributed by atoms with E-state index in [1.165, 1.54) is 17.7 Å². The molecule has 12 heteroatoms. The van der Waals surface area contributed by atoms with Crippen LogP contribution in [0.2, 0.25) is 0 Å². The van der Waals surface area contributed by atoms with Crippen LogP contribution in [0.3, 0.4) is 0 Å². The second kappa shape index (κ2) is 12.4. The summed E-state index contributed by atoms with van der Waals surface area (Å²) in [6.07, 6.45) is -0.525. The molecule has 0 radical (unpaired) electrons. The number of alkyl carbamates (subject to hydrolysis) is 1. The fourth-order valence-corrected chi connectivity index (χ4v) is 4.43. The van der Waals surface area contributed by atoms with E-state index in [-0.39, 0.29) is 23.1 Å². The molecule has 2 atom stereocenters. The minimum Gasteiger partial charge on any atom is -0.459 e. The van der Waals surface area contributed by atoms with Gasteiger partial charge in [-0.15, -0.1) is 0 Å². The topological polar surface area (TPSA) is 155 Å². The Hall–Kier alpha value is -4.71. The highest BCUT2D eigenvalue weighted by Crippen LogP contribution is 2.38. The predicted octanol–water partition coefficient (Wildman–Crippen LogP) is 3.11. The summed E-state index contributed by atoms with van der Waals surface area (Å²) >= 11 is 0. The highest BCUT2D eigenvalue weighted by molar-refractivity contribution is 5.90. The van der Waals surface area contributed by atoms with Gasteiger partial charge in [-0.2, -0.15) is 0 Å². The average molecular weight is 580 g/mol. The summed E-state index contributed by atoms with van der Waals surface area (Å²) in [6, 6.07) is 15.5. The van der Waals surface area contributed by atoms with Gasteiger partial charge in [0, 0.05) is 18.2 Å². The Morgan fingerprint density at radius 2 is 1.48 bits per heavy atom. The zero-order valence-electron chi connectivity index (χ0n) is 23.7. The van der Waals surface area contributed by atoms with Gasteiger partial charge in [0.15, 0.2) is 5.60 Å². The summed E-state index contributed by atoms with van der Waals surface area (Å²) in [7, 11) is 0. The van der Waals surface area contributed by atoms with Gasteiger partial charge in [0.2, 0.25) is 0 Å². The lowest BCUT2D eigenvalue weighted by Gasteiger charge is -2.34. The van der Waals surface area contributed by atoms with Gasteiger partial charge >= 0.3 is 23.7 Å². The molecule has 1 fully saturated rings. The first-order valence-corrected chi connectivity index (χ1v) is 13.3. The second-order valence-electron chi connectivity index (χ2n) is 10.9. The van der Waals surface area contributed by atoms with Gasteiger partial charge in [-0.1, -0.05) is 36.4 Å². The average Bonchev–Trinajstić information content (AvgIpc) is 3.29. The van der Waals surface area contributed by atoms with Crippen molar-refractivity contribution in [3.05, 3.63) is 104 Å². The highest BCUT2D eigenvalue weighted by Gasteiger charge is 2.53. The summed E-state index contributed by atoms with van der Waals surface area (Å²) in [5, 5.41) is 2.74. The van der Waals surface area contributed by atoms with E-state index in [2.05, 4.69) is 10.3 Å². The molecule has 0 aliphatic carbocycles. The number of amides is 1. The first-order valence-electron chi connectivity index (χ1n) is 13.3. The van der Waals surface area contributed by atoms with Crippen LogP contribution < -0.4 is 16.6 Å². The fraction of sp³-hybridized carbons (Fsp3) is 0.367. The third-order valence-electron chi connectivity index (χ3n) is 6.50. The molecule has 2 N–H and O–H groups in total. The van der Waals surface area contributed by atoms with E-state index in [1.807, 2.05) is 0 Å². The van der Waals surface area contributed by atoms with Crippen LogP contribution in [-0.4, -0.2) is 58.0 Å². The molecule has 2 aromatic carbocycles. The van der Waals surface area contributed by atoms with Crippen LogP contribution in [0.5, 0.6) is 0 Å². The normalized spacial score (nSPS) is 17.7. The number of nitrogens with zero attached hydrogens (tertiary/aromatic N) is 1. The lowest BCUT2D eigenvalue weighted by molar-refractivity contribution is -0.133. The van der Waals surface area contributed by atoms with E-state index in [9.17, 15) is 24.0 Å². The summed E-state index contributed by atoms with van der Waals surface area (Å²) in [5.74, 6) is -1.35. The van der Waals surface area contributed by atoms with Crippen molar-refractivity contribution in [2.45, 2.75) is 57.6 Å². The molecule has 0 spiro atoms. The molecular weight excluding hydrogens is 546 g/mol. The number of benzene rings is 2. The van der Waals surface area contributed by atoms with E-state index in [1.54, 1.807) is 81.4 Å². The molecule has 42 heavy (non-hydrogen) atoms. The highest BCUT2D eigenvalue weighted by atomic mass is 16.6. The Labute approximate surface area is 241 Å². The van der Waals surface area contributed by atoms with Crippen molar-refractivity contribution < 1.29 is 33.3 Å². The van der Waals surface area contributed by atoms with Crippen LogP contribution >= 0.6 is 0 Å². The van der Waals surface area contributed by atoms with Gasteiger partial charge < -0.3 is 24.3 Å². The van der Waals surface area contributed by atoms with Crippen molar-refractivity contribution in [1.82, 2.24) is 14.9 Å². The number of rotatable bonds is 8. The fourth-order valence-electron chi connectivity index (χ4n) is 4.43. The molecule has 1 aliphatic rings. The number of hydrogen-bond acceptors (Lipinski definition) is 9. The number of carbonyl (C=O) groups is 3. The summed E-state index contributed by atoms with van der Waals surface area (Å²) < 4.78 is 24.2. The molecule has 1 saturated heterocycles. The maximum atomic E-state index is 12.9. The zero-order chi connectivity index (χ0) is 30.5. The third-order valence-corrected chi connectivity index (χ3v) is 6.50. The van der Waals surface area contributed by atoms with Crippen molar-refractivity contribution in [3.63, 3.8) is 0 Å². The number of nitrogens with one attached hydrogen (secondary N) is 2. The number of aryl methyl sites for hydroxylation is 1. The molecule has 1 aromatic heterocycles. The number of aromatic nitrogens is 2. The molecule has 0 unspecified atom stereocenters. The Bertz CT molecular complexity index is 1490. The van der Waals surface area contributed by atoms with Crippen molar-refractivity contribution in [2.75, 3.05) is 13.2 Å². The number of carbonyl (C=O) groups excluding carboxylic acids is 3. The van der Waals surface area contributed by atoms with E-state index in [4.69, 9.17) is 18.9 Å². The molecule has 0 saturated carbocycles. The van der Waals surface area contributed by atoms with Crippen molar-refractivity contribution in [3.8, 4) is 0 Å². The van der Waals surface area contributed by atoms with E-state index < -0.39 is 66.0 Å². The molecular formula is C30H33N3O9. The molecule has 1 aliphatic heterocycles. The molecule has 222 valence electrons. The molecule has 1 amide bonds. The second-order valence-corrected chi connectivity index (χ2v) is 10.9. The van der Waals surface area contributed by atoms with Crippen LogP contribution in [0, 0.1) is 6.92 Å². The molecule has 2 heterocycles. The lowest BCUT2D eigenvalue weighted by Crippen LogP contribution is -2.56. The number of H-pyrrole nitrogens is 1. The third kappa shape index (κ3) is 7.32. The SMILES string of the molecule is Cc1cn([C@H]2C[C@H](NC(=O)OC(C)(C)C)C(COC(=O)c3ccccc3)(COC(=O)c3ccccc3)O2)c(=O)[nH]c1=O. The maximum absolute atomic E-state index is 12.9. The minimum absolute atomic E-state index is 0.0175. The van der Waals surface area contributed by atoms with Crippen LogP contribution in [0.15, 0.2) is 76.4 Å². The minimum atomic E-state index is -1.65. The van der Waals surface area contributed by atoms with Gasteiger partial charge in [0.25, 0.3) is 5.56 Å². The van der Waals surface area contributed by atoms with Gasteiger partial charge in [-0.05, 0) is 52.0 Å². The largest absolute Gasteiger partial charge is 0.459 e. The first-order chi connectivity index (χ1) is 19.9. The Morgan fingerprint density at radius 3 is 1.98 bits per heavy atom. The number of aromatic amines is 1. The maximum Gasteiger partial charge on any atom is 0.407 e. The van der Waals surface area contributed by atoms with Crippen LogP contribution in [0.4, 0.5) is 4.79 Å². The van der Waals surface area contributed by atoms with Crippen molar-refractivity contribution >= 4 is 18.0 Å². The van der Waals surface area contributed by atoms with E-state index >= 15 is 0 Å². The van der Waals surface area contributed by atoms with Crippen molar-refractivity contribution in [2.24, 2.45) is 0 Å². The molecule has 12 nitrogen and oxygen atoms in total. The predicted molar refractivity (Wildman–Crippen MR) is 150 cm³/mol. The van der Waals surface area contributed by atoms with Crippen LogP contribution in [0.25, 0.3) is 0 Å². The Kier molecular flexibility index (Phi) is 8.96. The van der Waals surface area contributed by atoms with E-state index in [0.29, 0.717) is 0 Å². The van der Waals surface area contributed by atoms with Gasteiger partial charge in [-0.3, -0.25) is 14.3 Å². The van der Waals surface area contributed by atoms with Crippen LogP contribution in [-0.2, 0) is 18.9 Å². The number of ether oxygens (including phenoxy) is 4. The van der Waals surface area contributed by atoms with Crippen molar-refractivity contribution in [1.29, 1.82) is 0 Å². The number of hydrogen-bond donors (Lipinski definition) is 2. The van der Waals surface area contributed by atoms with Gasteiger partial charge in [0.05, 0.1) is 17.2 Å². The Balaban J connectivity index is 1.70. The molecule has 3 aromatic rings. The zero-order valence-corrected chi connectivity index (χ0v) is 23.7. The smallest absolute Gasteiger partial charge is 0.407 e. The molecule has 0 bridgehead atoms. The summed E-state index contributed by atoms with van der Waals surface area (Å²) in [4.78, 5) is 65.7. The van der Waals surface area contributed by atoms with Gasteiger partial charge in [0.1, 0.15) is 25.0 Å². The van der Waals surface area contributed by atoms with Crippen LogP contribution in [0.1, 0.15) is 59.7 Å². The first kappa shape index (κ1) is 30.3. The summed E-state index contributed by atoms with van der Waals surface area (Å²) in [5.41, 5.74) is -3.00. The standard InChI is InChI=1S/C30H33N3O9/c1-19-16-33(27(37)32-24(19)34)23-15-22(31-28(38)42-29(2,3)4)30(41-23,17-39-25(35)20-11-7-5-8-12-20)18-40-26(36)21-13-9-6-10-14-21/h5-14,16,22-23H,15,17-18H2,1-4H3,(H,31,38)(H,32,34,37)/t22-,23+/m0/s1. The quantitative estimate of drug-likeness (QED) is 0.302. The Morgan fingerprint density at radius 1 is 0.952 bits per heavy atom. The summed E-state index contributed by atoms with van der Waals surface area (Å²) in [6.45, 7) is 5.68. The number of esters is 2.